The van der Waals surface area contributed by atoms with Crippen molar-refractivity contribution >= 4 is 11.9 Å². The third-order valence-electron chi connectivity index (χ3n) is 7.21. The van der Waals surface area contributed by atoms with Gasteiger partial charge in [0.05, 0.1) is 26.0 Å². The first-order chi connectivity index (χ1) is 19.6. The maximum Gasteiger partial charge on any atom is 0.360 e. The van der Waals surface area contributed by atoms with Crippen molar-refractivity contribution in [3.05, 3.63) is 101 Å². The van der Waals surface area contributed by atoms with Gasteiger partial charge in [0.2, 0.25) is 0 Å². The number of likely N-dealkylation sites (tertiary alicyclic amines) is 1. The standard InChI is InChI=1S/C32H34N4O4/c1-3-40-32(38)30-29(36(34-33-30)22-24-12-16-28(39-2)17-13-24)20-23-10-14-25(15-11-23)26-8-7-9-27(21-26)31(37)35-18-5-4-6-19-35/h7-17,21H,3-6,18-20,22H2,1-2H3. The van der Waals surface area contributed by atoms with E-state index in [0.29, 0.717) is 18.7 Å². The van der Waals surface area contributed by atoms with Crippen molar-refractivity contribution in [2.75, 3.05) is 26.8 Å². The van der Waals surface area contributed by atoms with Gasteiger partial charge in [-0.25, -0.2) is 9.48 Å². The van der Waals surface area contributed by atoms with E-state index in [2.05, 4.69) is 10.3 Å². The molecule has 1 aliphatic rings. The second kappa shape index (κ2) is 12.6. The number of hydrogen-bond donors (Lipinski definition) is 0. The smallest absolute Gasteiger partial charge is 0.360 e. The fourth-order valence-corrected chi connectivity index (χ4v) is 5.02. The van der Waals surface area contributed by atoms with Gasteiger partial charge in [-0.1, -0.05) is 53.7 Å². The highest BCUT2D eigenvalue weighted by Crippen LogP contribution is 2.24. The summed E-state index contributed by atoms with van der Waals surface area (Å²) in [4.78, 5) is 27.6. The van der Waals surface area contributed by atoms with Gasteiger partial charge in [-0.3, -0.25) is 4.79 Å². The van der Waals surface area contributed by atoms with Crippen molar-refractivity contribution in [1.29, 1.82) is 0 Å². The van der Waals surface area contributed by atoms with Crippen LogP contribution in [-0.2, 0) is 17.7 Å². The second-order valence-electron chi connectivity index (χ2n) is 9.92. The Labute approximate surface area is 234 Å². The first kappa shape index (κ1) is 27.1. The maximum absolute atomic E-state index is 13.0. The molecular weight excluding hydrogens is 504 g/mol. The van der Waals surface area contributed by atoms with Crippen LogP contribution in [0.2, 0.25) is 0 Å². The molecule has 5 rings (SSSR count). The topological polar surface area (TPSA) is 86.5 Å². The number of piperidine rings is 1. The monoisotopic (exact) mass is 538 g/mol. The van der Waals surface area contributed by atoms with Gasteiger partial charge in [-0.2, -0.15) is 0 Å². The van der Waals surface area contributed by atoms with Crippen LogP contribution < -0.4 is 4.74 Å². The molecule has 8 nitrogen and oxygen atoms in total. The van der Waals surface area contributed by atoms with Crippen LogP contribution in [-0.4, -0.2) is 58.6 Å². The molecule has 0 saturated carbocycles. The molecule has 1 aliphatic heterocycles. The first-order valence-corrected chi connectivity index (χ1v) is 13.8. The summed E-state index contributed by atoms with van der Waals surface area (Å²) in [7, 11) is 1.63. The highest BCUT2D eigenvalue weighted by molar-refractivity contribution is 5.95. The minimum atomic E-state index is -0.481. The van der Waals surface area contributed by atoms with E-state index in [1.165, 1.54) is 6.42 Å². The van der Waals surface area contributed by atoms with Crippen LogP contribution >= 0.6 is 0 Å². The predicted octanol–water partition coefficient (Wildman–Crippen LogP) is 5.40. The SMILES string of the molecule is CCOC(=O)c1nnn(Cc2ccc(OC)cc2)c1Cc1ccc(-c2cccc(C(=O)N3CCCCC3)c2)cc1. The molecule has 206 valence electrons. The highest BCUT2D eigenvalue weighted by atomic mass is 16.5. The van der Waals surface area contributed by atoms with E-state index in [4.69, 9.17) is 9.47 Å². The molecule has 0 unspecified atom stereocenters. The van der Waals surface area contributed by atoms with Gasteiger partial charge in [-0.15, -0.1) is 5.10 Å². The van der Waals surface area contributed by atoms with Crippen molar-refractivity contribution in [2.24, 2.45) is 0 Å². The molecule has 40 heavy (non-hydrogen) atoms. The zero-order valence-electron chi connectivity index (χ0n) is 23.0. The lowest BCUT2D eigenvalue weighted by atomic mass is 9.99. The largest absolute Gasteiger partial charge is 0.497 e. The van der Waals surface area contributed by atoms with Crippen LogP contribution in [0.1, 0.15) is 63.9 Å². The van der Waals surface area contributed by atoms with E-state index < -0.39 is 5.97 Å². The van der Waals surface area contributed by atoms with E-state index in [1.54, 1.807) is 18.7 Å². The molecule has 3 aromatic carbocycles. The Morgan fingerprint density at radius 2 is 1.60 bits per heavy atom. The van der Waals surface area contributed by atoms with Crippen molar-refractivity contribution < 1.29 is 19.1 Å². The number of nitrogens with zero attached hydrogens (tertiary/aromatic N) is 4. The summed E-state index contributed by atoms with van der Waals surface area (Å²) in [6, 6.07) is 23.7. The van der Waals surface area contributed by atoms with Crippen molar-refractivity contribution in [2.45, 2.75) is 39.2 Å². The van der Waals surface area contributed by atoms with E-state index in [-0.39, 0.29) is 18.2 Å². The molecule has 1 aromatic heterocycles. The Kier molecular flexibility index (Phi) is 8.54. The summed E-state index contributed by atoms with van der Waals surface area (Å²) in [5.41, 5.74) is 5.67. The summed E-state index contributed by atoms with van der Waals surface area (Å²) in [6.07, 6.45) is 3.79. The van der Waals surface area contributed by atoms with Crippen molar-refractivity contribution in [3.8, 4) is 16.9 Å². The fraction of sp³-hybridized carbons (Fsp3) is 0.312. The average molecular weight is 539 g/mol. The van der Waals surface area contributed by atoms with E-state index in [1.807, 2.05) is 77.7 Å². The second-order valence-corrected chi connectivity index (χ2v) is 9.92. The molecule has 0 aliphatic carbocycles. The van der Waals surface area contributed by atoms with Crippen molar-refractivity contribution in [3.63, 3.8) is 0 Å². The van der Waals surface area contributed by atoms with Gasteiger partial charge in [0.15, 0.2) is 5.69 Å². The first-order valence-electron chi connectivity index (χ1n) is 13.8. The van der Waals surface area contributed by atoms with Gasteiger partial charge < -0.3 is 14.4 Å². The number of carbonyl (C=O) groups excluding carboxylic acids is 2. The van der Waals surface area contributed by atoms with Gasteiger partial charge in [-0.05, 0) is 72.7 Å². The molecule has 2 heterocycles. The quantitative estimate of drug-likeness (QED) is 0.266. The number of rotatable bonds is 9. The van der Waals surface area contributed by atoms with Gasteiger partial charge in [0.25, 0.3) is 5.91 Å². The Hall–Kier alpha value is -4.46. The summed E-state index contributed by atoms with van der Waals surface area (Å²) in [5, 5.41) is 8.45. The number of methoxy groups -OCH3 is 1. The Morgan fingerprint density at radius 1 is 0.875 bits per heavy atom. The zero-order valence-corrected chi connectivity index (χ0v) is 23.0. The lowest BCUT2D eigenvalue weighted by Crippen LogP contribution is -2.35. The van der Waals surface area contributed by atoms with Crippen LogP contribution in [0.3, 0.4) is 0 Å². The molecular formula is C32H34N4O4. The fourth-order valence-electron chi connectivity index (χ4n) is 5.02. The predicted molar refractivity (Wildman–Crippen MR) is 153 cm³/mol. The zero-order chi connectivity index (χ0) is 27.9. The average Bonchev–Trinajstić information content (AvgIpc) is 3.40. The van der Waals surface area contributed by atoms with E-state index in [9.17, 15) is 9.59 Å². The van der Waals surface area contributed by atoms with Crippen molar-refractivity contribution in [1.82, 2.24) is 19.9 Å². The number of hydrogen-bond acceptors (Lipinski definition) is 6. The molecule has 0 N–H and O–H groups in total. The summed E-state index contributed by atoms with van der Waals surface area (Å²) in [5.74, 6) is 0.392. The molecule has 4 aromatic rings. The van der Waals surface area contributed by atoms with Crippen LogP contribution in [0.25, 0.3) is 11.1 Å². The van der Waals surface area contributed by atoms with E-state index >= 15 is 0 Å². The maximum atomic E-state index is 13.0. The molecule has 8 heteroatoms. The minimum absolute atomic E-state index is 0.0993. The lowest BCUT2D eigenvalue weighted by Gasteiger charge is -2.26. The number of esters is 1. The minimum Gasteiger partial charge on any atom is -0.497 e. The number of aromatic nitrogens is 3. The normalized spacial score (nSPS) is 13.2. The van der Waals surface area contributed by atoms with Gasteiger partial charge in [0, 0.05) is 25.1 Å². The number of carbonyl (C=O) groups is 2. The van der Waals surface area contributed by atoms with Crippen LogP contribution in [0.5, 0.6) is 5.75 Å². The number of benzene rings is 3. The molecule has 1 fully saturated rings. The van der Waals surface area contributed by atoms with E-state index in [0.717, 1.165) is 59.5 Å². The summed E-state index contributed by atoms with van der Waals surface area (Å²) >= 11 is 0. The third kappa shape index (κ3) is 6.22. The Morgan fingerprint density at radius 3 is 2.30 bits per heavy atom. The number of ether oxygens (including phenoxy) is 2. The molecule has 1 saturated heterocycles. The summed E-state index contributed by atoms with van der Waals surface area (Å²) < 4.78 is 12.3. The van der Waals surface area contributed by atoms with Gasteiger partial charge >= 0.3 is 5.97 Å². The van der Waals surface area contributed by atoms with Crippen LogP contribution in [0, 0.1) is 0 Å². The third-order valence-corrected chi connectivity index (χ3v) is 7.21. The Bertz CT molecular complexity index is 1460. The number of amides is 1. The van der Waals surface area contributed by atoms with Crippen LogP contribution in [0.15, 0.2) is 72.8 Å². The summed E-state index contributed by atoms with van der Waals surface area (Å²) in [6.45, 7) is 4.15. The molecule has 1 amide bonds. The molecule has 0 atom stereocenters. The molecule has 0 bridgehead atoms. The Balaban J connectivity index is 1.36. The van der Waals surface area contributed by atoms with Crippen LogP contribution in [0.4, 0.5) is 0 Å². The highest BCUT2D eigenvalue weighted by Gasteiger charge is 2.22. The lowest BCUT2D eigenvalue weighted by molar-refractivity contribution is 0.0517. The molecule has 0 radical (unpaired) electrons. The molecule has 0 spiro atoms. The van der Waals surface area contributed by atoms with Gasteiger partial charge in [0.1, 0.15) is 5.75 Å².